The van der Waals surface area contributed by atoms with Crippen molar-refractivity contribution in [2.45, 2.75) is 13.3 Å². The van der Waals surface area contributed by atoms with E-state index < -0.39 is 0 Å². The van der Waals surface area contributed by atoms with Crippen LogP contribution in [0.25, 0.3) is 0 Å². The highest BCUT2D eigenvalue weighted by Crippen LogP contribution is 2.25. The Kier molecular flexibility index (Phi) is 4.74. The van der Waals surface area contributed by atoms with Crippen molar-refractivity contribution in [2.75, 3.05) is 6.61 Å². The molecule has 2 aromatic rings. The Morgan fingerprint density at radius 3 is 2.70 bits per heavy atom. The molecule has 0 fully saturated rings. The van der Waals surface area contributed by atoms with Crippen LogP contribution in [-0.2, 0) is 11.2 Å². The molecule has 0 saturated carbocycles. The van der Waals surface area contributed by atoms with Crippen molar-refractivity contribution in [3.05, 3.63) is 64.4 Å². The summed E-state index contributed by atoms with van der Waals surface area (Å²) in [6, 6.07) is 11.5. The number of carbonyl (C=O) groups is 1. The SMILES string of the molecule is Cc1ccc(OCC(=O)Cc2ccccc2F)c(Cl)c1. The van der Waals surface area contributed by atoms with E-state index in [9.17, 15) is 9.18 Å². The second kappa shape index (κ2) is 6.53. The second-order valence-electron chi connectivity index (χ2n) is 4.53. The summed E-state index contributed by atoms with van der Waals surface area (Å²) in [5.41, 5.74) is 1.39. The van der Waals surface area contributed by atoms with Gasteiger partial charge in [0, 0.05) is 6.42 Å². The average Bonchev–Trinajstić information content (AvgIpc) is 2.40. The third-order valence-electron chi connectivity index (χ3n) is 2.82. The lowest BCUT2D eigenvalue weighted by Crippen LogP contribution is -2.14. The minimum Gasteiger partial charge on any atom is -0.484 e. The Labute approximate surface area is 122 Å². The Balaban J connectivity index is 1.94. The van der Waals surface area contributed by atoms with Crippen LogP contribution >= 0.6 is 11.6 Å². The molecule has 2 aromatic carbocycles. The van der Waals surface area contributed by atoms with Crippen molar-refractivity contribution >= 4 is 17.4 Å². The fourth-order valence-electron chi connectivity index (χ4n) is 1.79. The van der Waals surface area contributed by atoms with Gasteiger partial charge in [0.1, 0.15) is 18.2 Å². The van der Waals surface area contributed by atoms with Gasteiger partial charge < -0.3 is 4.74 Å². The fraction of sp³-hybridized carbons (Fsp3) is 0.188. The molecule has 0 heterocycles. The van der Waals surface area contributed by atoms with Crippen LogP contribution in [0.5, 0.6) is 5.75 Å². The molecule has 20 heavy (non-hydrogen) atoms. The van der Waals surface area contributed by atoms with Gasteiger partial charge in [0.25, 0.3) is 0 Å². The highest BCUT2D eigenvalue weighted by molar-refractivity contribution is 6.32. The Hall–Kier alpha value is -1.87. The molecule has 2 nitrogen and oxygen atoms in total. The van der Waals surface area contributed by atoms with Crippen LogP contribution in [0, 0.1) is 12.7 Å². The molecule has 4 heteroatoms. The van der Waals surface area contributed by atoms with E-state index >= 15 is 0 Å². The maximum Gasteiger partial charge on any atom is 0.174 e. The van der Waals surface area contributed by atoms with E-state index in [0.29, 0.717) is 16.3 Å². The number of hydrogen-bond donors (Lipinski definition) is 0. The Morgan fingerprint density at radius 2 is 2.00 bits per heavy atom. The molecule has 0 aliphatic rings. The normalized spacial score (nSPS) is 10.3. The van der Waals surface area contributed by atoms with E-state index in [1.165, 1.54) is 6.07 Å². The zero-order chi connectivity index (χ0) is 14.5. The highest BCUT2D eigenvalue weighted by atomic mass is 35.5. The van der Waals surface area contributed by atoms with E-state index in [-0.39, 0.29) is 24.6 Å². The summed E-state index contributed by atoms with van der Waals surface area (Å²) in [6.07, 6.45) is 0.0101. The van der Waals surface area contributed by atoms with Crippen LogP contribution in [-0.4, -0.2) is 12.4 Å². The summed E-state index contributed by atoms with van der Waals surface area (Å²) in [7, 11) is 0. The number of benzene rings is 2. The van der Waals surface area contributed by atoms with Gasteiger partial charge in [-0.3, -0.25) is 4.79 Å². The lowest BCUT2D eigenvalue weighted by molar-refractivity contribution is -0.120. The van der Waals surface area contributed by atoms with E-state index in [1.54, 1.807) is 30.3 Å². The smallest absolute Gasteiger partial charge is 0.174 e. The van der Waals surface area contributed by atoms with Gasteiger partial charge in [-0.25, -0.2) is 4.39 Å². The summed E-state index contributed by atoms with van der Waals surface area (Å²) in [4.78, 5) is 11.8. The zero-order valence-electron chi connectivity index (χ0n) is 11.0. The van der Waals surface area contributed by atoms with Gasteiger partial charge in [-0.2, -0.15) is 0 Å². The van der Waals surface area contributed by atoms with Crippen LogP contribution in [0.4, 0.5) is 4.39 Å². The molecular formula is C16H14ClFO2. The molecule has 0 unspecified atom stereocenters. The molecule has 0 aromatic heterocycles. The van der Waals surface area contributed by atoms with Crippen molar-refractivity contribution < 1.29 is 13.9 Å². The standard InChI is InChI=1S/C16H14ClFO2/c1-11-6-7-16(14(17)8-11)20-10-13(19)9-12-4-2-3-5-15(12)18/h2-8H,9-10H2,1H3. The van der Waals surface area contributed by atoms with Gasteiger partial charge in [0.15, 0.2) is 5.78 Å². The summed E-state index contributed by atoms with van der Waals surface area (Å²) in [5, 5.41) is 0.462. The lowest BCUT2D eigenvalue weighted by Gasteiger charge is -2.08. The summed E-state index contributed by atoms with van der Waals surface area (Å²) >= 11 is 6.00. The molecule has 0 radical (unpaired) electrons. The van der Waals surface area contributed by atoms with Gasteiger partial charge in [-0.05, 0) is 36.2 Å². The minimum absolute atomic E-state index is 0.0101. The fourth-order valence-corrected chi connectivity index (χ4v) is 2.08. The predicted molar refractivity (Wildman–Crippen MR) is 76.8 cm³/mol. The molecule has 0 atom stereocenters. The van der Waals surface area contributed by atoms with Gasteiger partial charge in [0.05, 0.1) is 5.02 Å². The summed E-state index contributed by atoms with van der Waals surface area (Å²) < 4.78 is 18.8. The first kappa shape index (κ1) is 14.5. The number of ether oxygens (including phenoxy) is 1. The van der Waals surface area contributed by atoms with Crippen molar-refractivity contribution in [3.8, 4) is 5.75 Å². The average molecular weight is 293 g/mol. The molecular weight excluding hydrogens is 279 g/mol. The topological polar surface area (TPSA) is 26.3 Å². The molecule has 0 spiro atoms. The van der Waals surface area contributed by atoms with Gasteiger partial charge in [0.2, 0.25) is 0 Å². The Morgan fingerprint density at radius 1 is 1.25 bits per heavy atom. The van der Waals surface area contributed by atoms with Crippen molar-refractivity contribution in [3.63, 3.8) is 0 Å². The molecule has 0 saturated heterocycles. The molecule has 0 aliphatic heterocycles. The highest BCUT2D eigenvalue weighted by Gasteiger charge is 2.09. The third-order valence-corrected chi connectivity index (χ3v) is 3.12. The molecule has 2 rings (SSSR count). The number of halogens is 2. The molecule has 0 N–H and O–H groups in total. The zero-order valence-corrected chi connectivity index (χ0v) is 11.8. The van der Waals surface area contributed by atoms with Crippen LogP contribution in [0.2, 0.25) is 5.02 Å². The molecule has 104 valence electrons. The Bertz CT molecular complexity index is 626. The quantitative estimate of drug-likeness (QED) is 0.833. The second-order valence-corrected chi connectivity index (χ2v) is 4.94. The van der Waals surface area contributed by atoms with Gasteiger partial charge >= 0.3 is 0 Å². The maximum absolute atomic E-state index is 13.4. The van der Waals surface area contributed by atoms with Crippen LogP contribution in [0.1, 0.15) is 11.1 Å². The van der Waals surface area contributed by atoms with Crippen molar-refractivity contribution in [1.29, 1.82) is 0 Å². The first-order chi connectivity index (χ1) is 9.56. The minimum atomic E-state index is -0.380. The van der Waals surface area contributed by atoms with Gasteiger partial charge in [-0.15, -0.1) is 0 Å². The van der Waals surface area contributed by atoms with E-state index in [1.807, 2.05) is 13.0 Å². The number of Topliss-reactive ketones (excluding diaryl/α,β-unsaturated/α-hetero) is 1. The maximum atomic E-state index is 13.4. The van der Waals surface area contributed by atoms with Crippen molar-refractivity contribution in [1.82, 2.24) is 0 Å². The summed E-state index contributed by atoms with van der Waals surface area (Å²) in [5.74, 6) is -0.125. The van der Waals surface area contributed by atoms with Gasteiger partial charge in [-0.1, -0.05) is 35.9 Å². The number of carbonyl (C=O) groups excluding carboxylic acids is 1. The van der Waals surface area contributed by atoms with Crippen LogP contribution < -0.4 is 4.74 Å². The van der Waals surface area contributed by atoms with E-state index in [2.05, 4.69) is 0 Å². The summed E-state index contributed by atoms with van der Waals surface area (Å²) in [6.45, 7) is 1.79. The number of hydrogen-bond acceptors (Lipinski definition) is 2. The number of ketones is 1. The molecule has 0 amide bonds. The van der Waals surface area contributed by atoms with E-state index in [4.69, 9.17) is 16.3 Å². The monoisotopic (exact) mass is 292 g/mol. The van der Waals surface area contributed by atoms with Crippen LogP contribution in [0.15, 0.2) is 42.5 Å². The van der Waals surface area contributed by atoms with E-state index in [0.717, 1.165) is 5.56 Å². The number of aryl methyl sites for hydroxylation is 1. The first-order valence-electron chi connectivity index (χ1n) is 6.20. The number of rotatable bonds is 5. The first-order valence-corrected chi connectivity index (χ1v) is 6.58. The lowest BCUT2D eigenvalue weighted by atomic mass is 10.1. The van der Waals surface area contributed by atoms with Crippen LogP contribution in [0.3, 0.4) is 0 Å². The van der Waals surface area contributed by atoms with Crippen molar-refractivity contribution in [2.24, 2.45) is 0 Å². The molecule has 0 aliphatic carbocycles. The third kappa shape index (κ3) is 3.81. The predicted octanol–water partition coefficient (Wildman–Crippen LogP) is 3.98. The largest absolute Gasteiger partial charge is 0.484 e. The molecule has 0 bridgehead atoms.